The van der Waals surface area contributed by atoms with E-state index in [2.05, 4.69) is 51.1 Å². The number of hydroxylamine groups is 1. The average Bonchev–Trinajstić information content (AvgIpc) is 3.07. The first-order valence-electron chi connectivity index (χ1n) is 8.49. The van der Waals surface area contributed by atoms with Crippen molar-refractivity contribution >= 4 is 10.9 Å². The Morgan fingerprint density at radius 1 is 1.21 bits per heavy atom. The zero-order valence-corrected chi connectivity index (χ0v) is 13.5. The largest absolute Gasteiger partial charge is 0.355 e. The molecule has 24 heavy (non-hydrogen) atoms. The number of H-pyrrole nitrogens is 1. The van der Waals surface area contributed by atoms with E-state index in [1.165, 1.54) is 5.56 Å². The van der Waals surface area contributed by atoms with Gasteiger partial charge in [0.25, 0.3) is 0 Å². The lowest BCUT2D eigenvalue weighted by atomic mass is 10.0. The molecule has 2 unspecified atom stereocenters. The predicted molar refractivity (Wildman–Crippen MR) is 94.5 cm³/mol. The monoisotopic (exact) mass is 322 g/mol. The van der Waals surface area contributed by atoms with Crippen LogP contribution in [-0.2, 0) is 4.84 Å². The molecule has 124 valence electrons. The van der Waals surface area contributed by atoms with Gasteiger partial charge >= 0.3 is 0 Å². The fourth-order valence-electron chi connectivity index (χ4n) is 3.19. The highest BCUT2D eigenvalue weighted by atomic mass is 16.7. The van der Waals surface area contributed by atoms with Gasteiger partial charge in [0.15, 0.2) is 0 Å². The van der Waals surface area contributed by atoms with Crippen molar-refractivity contribution in [2.24, 2.45) is 0 Å². The molecule has 1 saturated heterocycles. The second kappa shape index (κ2) is 7.13. The van der Waals surface area contributed by atoms with Crippen molar-refractivity contribution in [3.8, 4) is 0 Å². The lowest BCUT2D eigenvalue weighted by Crippen LogP contribution is -2.39. The van der Waals surface area contributed by atoms with E-state index in [-0.39, 0.29) is 12.1 Å². The molecular formula is C19H22N4O. The maximum atomic E-state index is 6.00. The highest BCUT2D eigenvalue weighted by molar-refractivity contribution is 5.79. The lowest BCUT2D eigenvalue weighted by molar-refractivity contribution is -0.0477. The fourth-order valence-corrected chi connectivity index (χ4v) is 3.19. The summed E-state index contributed by atoms with van der Waals surface area (Å²) in [6, 6.07) is 14.5. The maximum Gasteiger partial charge on any atom is 0.0971 e. The molecule has 0 radical (unpaired) electrons. The predicted octanol–water partition coefficient (Wildman–Crippen LogP) is 2.93. The van der Waals surface area contributed by atoms with E-state index in [0.717, 1.165) is 42.5 Å². The van der Waals surface area contributed by atoms with Crippen LogP contribution >= 0.6 is 0 Å². The van der Waals surface area contributed by atoms with Crippen LogP contribution in [0, 0.1) is 0 Å². The van der Waals surface area contributed by atoms with Gasteiger partial charge < -0.3 is 10.3 Å². The van der Waals surface area contributed by atoms with Gasteiger partial charge in [0.05, 0.1) is 23.9 Å². The van der Waals surface area contributed by atoms with E-state index >= 15 is 0 Å². The van der Waals surface area contributed by atoms with Crippen LogP contribution in [0.15, 0.2) is 54.9 Å². The third kappa shape index (κ3) is 3.33. The van der Waals surface area contributed by atoms with Crippen LogP contribution in [0.1, 0.15) is 30.1 Å². The molecule has 2 atom stereocenters. The number of rotatable bonds is 5. The topological polar surface area (TPSA) is 62.0 Å². The van der Waals surface area contributed by atoms with Crippen molar-refractivity contribution in [3.63, 3.8) is 0 Å². The van der Waals surface area contributed by atoms with Crippen molar-refractivity contribution in [2.45, 2.75) is 25.0 Å². The van der Waals surface area contributed by atoms with Crippen LogP contribution in [0.2, 0.25) is 0 Å². The number of aromatic amines is 1. The van der Waals surface area contributed by atoms with Crippen LogP contribution in [0.3, 0.4) is 0 Å². The van der Waals surface area contributed by atoms with Crippen LogP contribution in [0.25, 0.3) is 10.9 Å². The van der Waals surface area contributed by atoms with E-state index in [0.29, 0.717) is 0 Å². The number of piperidine rings is 1. The summed E-state index contributed by atoms with van der Waals surface area (Å²) in [6.07, 6.45) is 6.11. The SMILES string of the molecule is c1ccc(C(NOC2CCCNC2)c2cc3ccncc3[nH]2)cc1. The third-order valence-electron chi connectivity index (χ3n) is 4.49. The van der Waals surface area contributed by atoms with Gasteiger partial charge in [-0.05, 0) is 37.1 Å². The quantitative estimate of drug-likeness (QED) is 0.632. The molecule has 0 aliphatic carbocycles. The molecular weight excluding hydrogens is 300 g/mol. The fraction of sp³-hybridized carbons (Fsp3) is 0.316. The Hall–Kier alpha value is -2.21. The van der Waals surface area contributed by atoms with Gasteiger partial charge in [-0.1, -0.05) is 30.3 Å². The first-order chi connectivity index (χ1) is 11.9. The van der Waals surface area contributed by atoms with Gasteiger partial charge in [0.1, 0.15) is 0 Å². The Labute approximate surface area is 141 Å². The second-order valence-electron chi connectivity index (χ2n) is 6.24. The minimum Gasteiger partial charge on any atom is -0.355 e. The van der Waals surface area contributed by atoms with Crippen LogP contribution in [0.5, 0.6) is 0 Å². The minimum atomic E-state index is -0.0412. The molecule has 1 aromatic carbocycles. The minimum absolute atomic E-state index is 0.0412. The van der Waals surface area contributed by atoms with Crippen molar-refractivity contribution in [2.75, 3.05) is 13.1 Å². The van der Waals surface area contributed by atoms with E-state index in [1.54, 1.807) is 0 Å². The Balaban J connectivity index is 1.60. The standard InChI is InChI=1S/C19H22N4O/c1-2-5-14(6-3-1)19(23-24-16-7-4-9-20-12-16)17-11-15-8-10-21-13-18(15)22-17/h1-3,5-6,8,10-11,13,16,19-20,22-23H,4,7,9,12H2. The third-order valence-corrected chi connectivity index (χ3v) is 4.49. The Morgan fingerprint density at radius 2 is 2.12 bits per heavy atom. The second-order valence-corrected chi connectivity index (χ2v) is 6.24. The normalized spacial score (nSPS) is 19.4. The summed E-state index contributed by atoms with van der Waals surface area (Å²) in [4.78, 5) is 13.6. The van der Waals surface area contributed by atoms with E-state index in [9.17, 15) is 0 Å². The molecule has 0 amide bonds. The number of nitrogens with one attached hydrogen (secondary N) is 3. The number of nitrogens with zero attached hydrogens (tertiary/aromatic N) is 1. The van der Waals surface area contributed by atoms with Gasteiger partial charge in [0.2, 0.25) is 0 Å². The smallest absolute Gasteiger partial charge is 0.0971 e. The molecule has 3 aromatic rings. The van der Waals surface area contributed by atoms with Crippen LogP contribution < -0.4 is 10.8 Å². The summed E-state index contributed by atoms with van der Waals surface area (Å²) in [6.45, 7) is 1.97. The number of hydrogen-bond acceptors (Lipinski definition) is 4. The Kier molecular flexibility index (Phi) is 4.55. The molecule has 4 rings (SSSR count). The molecule has 2 aromatic heterocycles. The summed E-state index contributed by atoms with van der Waals surface area (Å²) in [5.41, 5.74) is 6.57. The van der Waals surface area contributed by atoms with Gasteiger partial charge in [0, 0.05) is 23.8 Å². The number of aromatic nitrogens is 2. The molecule has 5 nitrogen and oxygen atoms in total. The summed E-state index contributed by atoms with van der Waals surface area (Å²) >= 11 is 0. The molecule has 5 heteroatoms. The lowest BCUT2D eigenvalue weighted by Gasteiger charge is -2.26. The van der Waals surface area contributed by atoms with Gasteiger partial charge in [-0.25, -0.2) is 0 Å². The molecule has 0 bridgehead atoms. The number of pyridine rings is 1. The molecule has 1 fully saturated rings. The first-order valence-corrected chi connectivity index (χ1v) is 8.49. The van der Waals surface area contributed by atoms with Gasteiger partial charge in [-0.2, -0.15) is 5.48 Å². The van der Waals surface area contributed by atoms with E-state index < -0.39 is 0 Å². The number of fused-ring (bicyclic) bond motifs is 1. The Morgan fingerprint density at radius 3 is 2.92 bits per heavy atom. The van der Waals surface area contributed by atoms with Crippen molar-refractivity contribution in [1.82, 2.24) is 20.8 Å². The molecule has 1 aliphatic rings. The van der Waals surface area contributed by atoms with Crippen LogP contribution in [-0.4, -0.2) is 29.2 Å². The Bertz CT molecular complexity index is 747. The zero-order valence-electron chi connectivity index (χ0n) is 13.5. The van der Waals surface area contributed by atoms with Gasteiger partial charge in [-0.3, -0.25) is 9.82 Å². The maximum absolute atomic E-state index is 6.00. The summed E-state index contributed by atoms with van der Waals surface area (Å²) in [5, 5.41) is 4.53. The van der Waals surface area contributed by atoms with Crippen molar-refractivity contribution < 1.29 is 4.84 Å². The highest BCUT2D eigenvalue weighted by Gasteiger charge is 2.20. The van der Waals surface area contributed by atoms with Gasteiger partial charge in [-0.15, -0.1) is 0 Å². The number of benzene rings is 1. The van der Waals surface area contributed by atoms with Crippen LogP contribution in [0.4, 0.5) is 0 Å². The average molecular weight is 322 g/mol. The zero-order chi connectivity index (χ0) is 16.2. The summed E-state index contributed by atoms with van der Waals surface area (Å²) in [5.74, 6) is 0. The number of hydrogen-bond donors (Lipinski definition) is 3. The molecule has 0 spiro atoms. The highest BCUT2D eigenvalue weighted by Crippen LogP contribution is 2.25. The van der Waals surface area contributed by atoms with Crippen molar-refractivity contribution in [3.05, 3.63) is 66.1 Å². The first kappa shape index (κ1) is 15.3. The molecule has 1 aliphatic heterocycles. The molecule has 0 saturated carbocycles. The van der Waals surface area contributed by atoms with E-state index in [4.69, 9.17) is 4.84 Å². The summed E-state index contributed by atoms with van der Waals surface area (Å²) in [7, 11) is 0. The summed E-state index contributed by atoms with van der Waals surface area (Å²) < 4.78 is 0. The van der Waals surface area contributed by atoms with Crippen molar-refractivity contribution in [1.29, 1.82) is 0 Å². The molecule has 3 N–H and O–H groups in total. The molecule has 3 heterocycles. The van der Waals surface area contributed by atoms with E-state index in [1.807, 2.05) is 24.5 Å².